The van der Waals surface area contributed by atoms with E-state index < -0.39 is 0 Å². The highest BCUT2D eigenvalue weighted by atomic mass is 32.1. The normalized spacial score (nSPS) is 10.4. The van der Waals surface area contributed by atoms with Gasteiger partial charge in [-0.25, -0.2) is 0 Å². The topological polar surface area (TPSA) is 27.3 Å². The summed E-state index contributed by atoms with van der Waals surface area (Å²) < 4.78 is 0. The molecule has 2 N–H and O–H groups in total. The third-order valence-electron chi connectivity index (χ3n) is 1.99. The summed E-state index contributed by atoms with van der Waals surface area (Å²) >= 11 is 10.4. The number of hydrogen-bond acceptors (Lipinski definition) is 3. The first-order valence-corrected chi connectivity index (χ1v) is 5.42. The lowest BCUT2D eigenvalue weighted by molar-refractivity contribution is 0.394. The summed E-state index contributed by atoms with van der Waals surface area (Å²) in [4.78, 5) is 3.75. The highest BCUT2D eigenvalue weighted by Crippen LogP contribution is 2.07. The first-order chi connectivity index (χ1) is 6.52. The van der Waals surface area contributed by atoms with E-state index in [9.17, 15) is 0 Å². The maximum atomic E-state index is 5.21. The van der Waals surface area contributed by atoms with Gasteiger partial charge >= 0.3 is 0 Å². The van der Waals surface area contributed by atoms with Crippen LogP contribution < -0.4 is 10.6 Å². The Morgan fingerprint density at radius 3 is 1.86 bits per heavy atom. The number of thiocarbonyl (C=S) groups is 2. The average molecular weight is 233 g/mol. The van der Waals surface area contributed by atoms with Crippen molar-refractivity contribution in [3.05, 3.63) is 0 Å². The van der Waals surface area contributed by atoms with Crippen molar-refractivity contribution in [1.82, 2.24) is 15.5 Å². The molecule has 0 amide bonds. The van der Waals surface area contributed by atoms with E-state index in [1.165, 1.54) is 0 Å². The molecule has 0 aromatic rings. The zero-order valence-corrected chi connectivity index (χ0v) is 10.9. The van der Waals surface area contributed by atoms with Crippen molar-refractivity contribution in [2.75, 3.05) is 34.7 Å². The molecule has 0 bridgehead atoms. The lowest BCUT2D eigenvalue weighted by atomic mass is 10.1. The Labute approximate surface area is 97.2 Å². The number of rotatable bonds is 5. The van der Waals surface area contributed by atoms with Crippen molar-refractivity contribution in [1.29, 1.82) is 0 Å². The Balaban J connectivity index is 4.25. The third kappa shape index (κ3) is 4.83. The Bertz CT molecular complexity index is 188. The zero-order chi connectivity index (χ0) is 11.1. The molecule has 0 saturated heterocycles. The molecule has 0 atom stereocenters. The van der Waals surface area contributed by atoms with Gasteiger partial charge in [-0.2, -0.15) is 0 Å². The Kier molecular flexibility index (Phi) is 6.96. The Morgan fingerprint density at radius 1 is 1.14 bits per heavy atom. The van der Waals surface area contributed by atoms with Crippen LogP contribution in [-0.2, 0) is 0 Å². The maximum absolute atomic E-state index is 5.21. The van der Waals surface area contributed by atoms with Crippen molar-refractivity contribution in [3.8, 4) is 0 Å². The van der Waals surface area contributed by atoms with Gasteiger partial charge in [0.2, 0.25) is 0 Å². The Morgan fingerprint density at radius 2 is 1.57 bits per heavy atom. The SMILES string of the molecule is CNC(=S)C(CCN(C)C)C(=S)NC. The molecule has 0 rings (SSSR count). The number of hydrogen-bond donors (Lipinski definition) is 2. The third-order valence-corrected chi connectivity index (χ3v) is 2.97. The predicted octanol–water partition coefficient (Wildman–Crippen LogP) is 0.648. The van der Waals surface area contributed by atoms with Crippen molar-refractivity contribution in [3.63, 3.8) is 0 Å². The van der Waals surface area contributed by atoms with Gasteiger partial charge < -0.3 is 15.5 Å². The zero-order valence-electron chi connectivity index (χ0n) is 9.26. The van der Waals surface area contributed by atoms with Crippen molar-refractivity contribution in [2.24, 2.45) is 5.92 Å². The fourth-order valence-electron chi connectivity index (χ4n) is 1.12. The van der Waals surface area contributed by atoms with Crippen LogP contribution in [0.25, 0.3) is 0 Å². The molecule has 0 aromatic carbocycles. The van der Waals surface area contributed by atoms with Gasteiger partial charge in [-0.05, 0) is 27.1 Å². The maximum Gasteiger partial charge on any atom is 0.0851 e. The first kappa shape index (κ1) is 13.7. The van der Waals surface area contributed by atoms with E-state index in [1.807, 2.05) is 28.2 Å². The molecule has 0 saturated carbocycles. The second-order valence-corrected chi connectivity index (χ2v) is 4.25. The molecule has 0 aliphatic carbocycles. The van der Waals surface area contributed by atoms with Gasteiger partial charge in [0, 0.05) is 14.1 Å². The van der Waals surface area contributed by atoms with Gasteiger partial charge in [-0.15, -0.1) is 0 Å². The van der Waals surface area contributed by atoms with Gasteiger partial charge in [-0.3, -0.25) is 0 Å². The van der Waals surface area contributed by atoms with E-state index in [-0.39, 0.29) is 5.92 Å². The van der Waals surface area contributed by atoms with Gasteiger partial charge in [-0.1, -0.05) is 24.4 Å². The molecule has 5 heteroatoms. The summed E-state index contributed by atoms with van der Waals surface area (Å²) in [6.07, 6.45) is 0.951. The van der Waals surface area contributed by atoms with Crippen LogP contribution in [0, 0.1) is 5.92 Å². The van der Waals surface area contributed by atoms with Crippen LogP contribution in [0.4, 0.5) is 0 Å². The monoisotopic (exact) mass is 233 g/mol. The van der Waals surface area contributed by atoms with Crippen molar-refractivity contribution >= 4 is 34.4 Å². The van der Waals surface area contributed by atoms with Crippen molar-refractivity contribution in [2.45, 2.75) is 6.42 Å². The second kappa shape index (κ2) is 7.09. The smallest absolute Gasteiger partial charge is 0.0851 e. The van der Waals surface area contributed by atoms with Gasteiger partial charge in [0.05, 0.1) is 15.9 Å². The molecule has 0 aliphatic rings. The minimum absolute atomic E-state index is 0.150. The summed E-state index contributed by atoms with van der Waals surface area (Å²) in [5, 5.41) is 5.98. The summed E-state index contributed by atoms with van der Waals surface area (Å²) in [7, 11) is 7.76. The van der Waals surface area contributed by atoms with E-state index in [4.69, 9.17) is 24.4 Å². The minimum Gasteiger partial charge on any atom is -0.382 e. The molecule has 0 radical (unpaired) electrons. The van der Waals surface area contributed by atoms with Crippen LogP contribution in [0.15, 0.2) is 0 Å². The van der Waals surface area contributed by atoms with Crippen LogP contribution >= 0.6 is 24.4 Å². The quantitative estimate of drug-likeness (QED) is 0.680. The van der Waals surface area contributed by atoms with Crippen molar-refractivity contribution < 1.29 is 0 Å². The molecular formula is C9H19N3S2. The molecule has 0 unspecified atom stereocenters. The van der Waals surface area contributed by atoms with E-state index >= 15 is 0 Å². The lowest BCUT2D eigenvalue weighted by Gasteiger charge is -2.20. The summed E-state index contributed by atoms with van der Waals surface area (Å²) in [5.74, 6) is 0.150. The molecule has 0 aromatic heterocycles. The molecule has 14 heavy (non-hydrogen) atoms. The highest BCUT2D eigenvalue weighted by molar-refractivity contribution is 7.82. The molecule has 82 valence electrons. The highest BCUT2D eigenvalue weighted by Gasteiger charge is 2.17. The van der Waals surface area contributed by atoms with Gasteiger partial charge in [0.15, 0.2) is 0 Å². The molecule has 3 nitrogen and oxygen atoms in total. The van der Waals surface area contributed by atoms with Crippen LogP contribution in [0.2, 0.25) is 0 Å². The van der Waals surface area contributed by atoms with Crippen LogP contribution in [0.3, 0.4) is 0 Å². The molecule has 0 aliphatic heterocycles. The fourth-order valence-corrected chi connectivity index (χ4v) is 1.66. The number of nitrogens with zero attached hydrogens (tertiary/aromatic N) is 1. The minimum atomic E-state index is 0.150. The summed E-state index contributed by atoms with van der Waals surface area (Å²) in [6.45, 7) is 0.980. The molecule has 0 fully saturated rings. The van der Waals surface area contributed by atoms with E-state index in [0.717, 1.165) is 22.9 Å². The van der Waals surface area contributed by atoms with E-state index in [1.54, 1.807) is 0 Å². The lowest BCUT2D eigenvalue weighted by Crippen LogP contribution is -2.38. The fraction of sp³-hybridized carbons (Fsp3) is 0.778. The van der Waals surface area contributed by atoms with Gasteiger partial charge in [0.25, 0.3) is 0 Å². The van der Waals surface area contributed by atoms with Gasteiger partial charge in [0.1, 0.15) is 0 Å². The first-order valence-electron chi connectivity index (χ1n) is 4.60. The largest absolute Gasteiger partial charge is 0.382 e. The van der Waals surface area contributed by atoms with Crippen LogP contribution in [0.5, 0.6) is 0 Å². The standard InChI is InChI=1S/C9H19N3S2/c1-10-8(13)7(9(14)11-2)5-6-12(3)4/h7H,5-6H2,1-4H3,(H,10,13)(H,11,14). The average Bonchev–Trinajstić information content (AvgIpc) is 2.16. The van der Waals surface area contributed by atoms with Crippen LogP contribution in [0.1, 0.15) is 6.42 Å². The molecular weight excluding hydrogens is 214 g/mol. The molecule has 0 heterocycles. The van der Waals surface area contributed by atoms with E-state index in [2.05, 4.69) is 15.5 Å². The Hall–Kier alpha value is -0.260. The van der Waals surface area contributed by atoms with Crippen LogP contribution in [-0.4, -0.2) is 49.6 Å². The number of nitrogens with one attached hydrogen (secondary N) is 2. The summed E-state index contributed by atoms with van der Waals surface area (Å²) in [6, 6.07) is 0. The second-order valence-electron chi connectivity index (χ2n) is 3.37. The molecule has 0 spiro atoms. The van der Waals surface area contributed by atoms with E-state index in [0.29, 0.717) is 0 Å². The predicted molar refractivity (Wildman–Crippen MR) is 70.0 cm³/mol. The summed E-state index contributed by atoms with van der Waals surface area (Å²) in [5.41, 5.74) is 0.